The molecule has 0 spiro atoms. The molecule has 2 aromatic carbocycles. The minimum absolute atomic E-state index is 0. The Hall–Kier alpha value is -2.59. The van der Waals surface area contributed by atoms with E-state index >= 15 is 0 Å². The van der Waals surface area contributed by atoms with E-state index in [0.29, 0.717) is 50.4 Å². The van der Waals surface area contributed by atoms with Crippen molar-refractivity contribution in [2.24, 2.45) is 11.5 Å². The van der Waals surface area contributed by atoms with Crippen molar-refractivity contribution >= 4 is 12.6 Å². The van der Waals surface area contributed by atoms with Crippen LogP contribution in [-0.2, 0) is 16.8 Å². The van der Waals surface area contributed by atoms with Crippen LogP contribution in [0.4, 0.5) is 0 Å². The van der Waals surface area contributed by atoms with Crippen molar-refractivity contribution in [1.82, 2.24) is 0 Å². The zero-order chi connectivity index (χ0) is 21.4. The van der Waals surface area contributed by atoms with E-state index in [2.05, 4.69) is 0 Å². The van der Waals surface area contributed by atoms with Crippen LogP contribution in [0.3, 0.4) is 0 Å². The molecule has 0 amide bonds. The summed E-state index contributed by atoms with van der Waals surface area (Å²) in [5.74, 6) is 0.521. The van der Waals surface area contributed by atoms with Crippen LogP contribution >= 0.6 is 0 Å². The van der Waals surface area contributed by atoms with Gasteiger partial charge in [-0.25, -0.2) is 0 Å². The maximum absolute atomic E-state index is 10.4. The van der Waals surface area contributed by atoms with Gasteiger partial charge in [0.05, 0.1) is 24.3 Å². The Labute approximate surface area is 181 Å². The molecule has 9 heteroatoms. The first-order valence-corrected chi connectivity index (χ1v) is 8.70. The van der Waals surface area contributed by atoms with E-state index in [9.17, 15) is 19.8 Å². The molecule has 0 atom stereocenters. The minimum Gasteiger partial charge on any atom is -0.504 e. The number of para-hydroxylation sites is 2. The second kappa shape index (κ2) is 17.5. The Morgan fingerprint density at radius 2 is 1.14 bits per heavy atom. The summed E-state index contributed by atoms with van der Waals surface area (Å²) in [7, 11) is 0. The molecular formula is C20H28CoN2O6. The predicted octanol–water partition coefficient (Wildman–Crippen LogP) is 2.11. The van der Waals surface area contributed by atoms with Gasteiger partial charge in [0.25, 0.3) is 0 Å². The normalized spacial score (nSPS) is 8.83. The number of phenols is 2. The molecule has 0 aromatic heterocycles. The summed E-state index contributed by atoms with van der Waals surface area (Å²) >= 11 is 0. The number of hydrogen-bond acceptors (Lipinski definition) is 8. The number of ether oxygens (including phenoxy) is 2. The zero-order valence-corrected chi connectivity index (χ0v) is 17.5. The number of nitrogens with two attached hydrogens (primary N) is 2. The van der Waals surface area contributed by atoms with Crippen molar-refractivity contribution in [3.05, 3.63) is 47.5 Å². The van der Waals surface area contributed by atoms with Gasteiger partial charge in [0.15, 0.2) is 35.6 Å². The summed E-state index contributed by atoms with van der Waals surface area (Å²) in [5, 5.41) is 18.7. The Morgan fingerprint density at radius 1 is 0.793 bits per heavy atom. The molecule has 8 nitrogen and oxygen atoms in total. The Kier molecular flexibility index (Phi) is 17.3. The third-order valence-electron chi connectivity index (χ3n) is 3.08. The molecule has 0 aliphatic rings. The molecule has 0 bridgehead atoms. The van der Waals surface area contributed by atoms with Gasteiger partial charge in [-0.2, -0.15) is 0 Å². The largest absolute Gasteiger partial charge is 0.504 e. The van der Waals surface area contributed by atoms with Gasteiger partial charge < -0.3 is 31.2 Å². The molecule has 0 heterocycles. The van der Waals surface area contributed by atoms with Crippen LogP contribution < -0.4 is 20.9 Å². The van der Waals surface area contributed by atoms with Crippen LogP contribution in [0.1, 0.15) is 34.6 Å². The number of carbonyl (C=O) groups excluding carboxylic acids is 2. The minimum atomic E-state index is -0.0886. The van der Waals surface area contributed by atoms with Crippen molar-refractivity contribution in [3.63, 3.8) is 0 Å². The Bertz CT molecular complexity index is 667. The molecule has 2 rings (SSSR count). The summed E-state index contributed by atoms with van der Waals surface area (Å²) in [5.41, 5.74) is 10.3. The third-order valence-corrected chi connectivity index (χ3v) is 3.08. The van der Waals surface area contributed by atoms with Crippen LogP contribution in [0.2, 0.25) is 0 Å². The third kappa shape index (κ3) is 10.5. The SMILES string of the molecule is CCOc1cccc(C=O)c1O.CCOc1cccc(C=O)c1O.NCCN.[Co]. The van der Waals surface area contributed by atoms with Crippen molar-refractivity contribution in [2.45, 2.75) is 13.8 Å². The van der Waals surface area contributed by atoms with Crippen molar-refractivity contribution in [2.75, 3.05) is 26.3 Å². The standard InChI is InChI=1S/2C9H10O3.C2H8N2.Co/c2*1-2-12-8-5-3-4-7(6-10)9(8)11;3-1-2-4;/h2*3-6,11H,2H2,1H3;1-4H2;. The summed E-state index contributed by atoms with van der Waals surface area (Å²) in [6.45, 7) is 5.76. The van der Waals surface area contributed by atoms with Gasteiger partial charge >= 0.3 is 0 Å². The fraction of sp³-hybridized carbons (Fsp3) is 0.300. The summed E-state index contributed by atoms with van der Waals surface area (Å²) in [4.78, 5) is 20.7. The molecule has 0 unspecified atom stereocenters. The van der Waals surface area contributed by atoms with Gasteiger partial charge in [0, 0.05) is 29.9 Å². The average molecular weight is 451 g/mol. The van der Waals surface area contributed by atoms with Crippen LogP contribution in [0.15, 0.2) is 36.4 Å². The number of hydrogen-bond donors (Lipinski definition) is 4. The van der Waals surface area contributed by atoms with Gasteiger partial charge in [0.2, 0.25) is 0 Å². The number of phenolic OH excluding ortho intramolecular Hbond substituents is 2. The summed E-state index contributed by atoms with van der Waals surface area (Å²) in [6.07, 6.45) is 1.19. The Morgan fingerprint density at radius 3 is 1.38 bits per heavy atom. The van der Waals surface area contributed by atoms with Crippen molar-refractivity contribution in [3.8, 4) is 23.0 Å². The number of rotatable bonds is 7. The molecule has 29 heavy (non-hydrogen) atoms. The zero-order valence-electron chi connectivity index (χ0n) is 16.5. The van der Waals surface area contributed by atoms with E-state index in [4.69, 9.17) is 20.9 Å². The predicted molar refractivity (Wildman–Crippen MR) is 107 cm³/mol. The molecular weight excluding hydrogens is 423 g/mol. The first kappa shape index (κ1) is 28.6. The topological polar surface area (TPSA) is 145 Å². The molecule has 1 radical (unpaired) electrons. The molecule has 0 saturated heterocycles. The molecule has 0 aliphatic heterocycles. The van der Waals surface area contributed by atoms with E-state index in [1.165, 1.54) is 12.1 Å². The Balaban J connectivity index is 0. The molecule has 2 aromatic rings. The fourth-order valence-corrected chi connectivity index (χ4v) is 1.81. The van der Waals surface area contributed by atoms with Crippen molar-refractivity contribution in [1.29, 1.82) is 0 Å². The molecule has 6 N–H and O–H groups in total. The monoisotopic (exact) mass is 451 g/mol. The van der Waals surface area contributed by atoms with Crippen LogP contribution in [0.25, 0.3) is 0 Å². The number of carbonyl (C=O) groups is 2. The first-order chi connectivity index (χ1) is 13.5. The van der Waals surface area contributed by atoms with Crippen LogP contribution in [-0.4, -0.2) is 49.1 Å². The molecule has 163 valence electrons. The smallest absolute Gasteiger partial charge is 0.168 e. The first-order valence-electron chi connectivity index (χ1n) is 8.70. The summed E-state index contributed by atoms with van der Waals surface area (Å²) in [6, 6.07) is 9.62. The van der Waals surface area contributed by atoms with E-state index in [0.717, 1.165) is 0 Å². The molecule has 0 fully saturated rings. The summed E-state index contributed by atoms with van der Waals surface area (Å²) < 4.78 is 10.1. The van der Waals surface area contributed by atoms with E-state index < -0.39 is 0 Å². The van der Waals surface area contributed by atoms with Crippen LogP contribution in [0.5, 0.6) is 23.0 Å². The van der Waals surface area contributed by atoms with E-state index in [-0.39, 0.29) is 39.4 Å². The second-order valence-corrected chi connectivity index (χ2v) is 5.07. The maximum atomic E-state index is 10.4. The van der Waals surface area contributed by atoms with Crippen molar-refractivity contribution < 1.29 is 46.1 Å². The fourth-order valence-electron chi connectivity index (χ4n) is 1.81. The van der Waals surface area contributed by atoms with Gasteiger partial charge in [-0.05, 0) is 38.1 Å². The molecule has 0 aliphatic carbocycles. The van der Waals surface area contributed by atoms with E-state index in [1.54, 1.807) is 24.3 Å². The number of benzene rings is 2. The van der Waals surface area contributed by atoms with E-state index in [1.807, 2.05) is 13.8 Å². The van der Waals surface area contributed by atoms with Gasteiger partial charge in [-0.15, -0.1) is 0 Å². The van der Waals surface area contributed by atoms with Gasteiger partial charge in [0.1, 0.15) is 0 Å². The maximum Gasteiger partial charge on any atom is 0.168 e. The van der Waals surface area contributed by atoms with Gasteiger partial charge in [-0.1, -0.05) is 12.1 Å². The van der Waals surface area contributed by atoms with Gasteiger partial charge in [-0.3, -0.25) is 9.59 Å². The number of aldehydes is 2. The van der Waals surface area contributed by atoms with Crippen LogP contribution in [0, 0.1) is 0 Å². The quantitative estimate of drug-likeness (QED) is 0.469. The average Bonchev–Trinajstić information content (AvgIpc) is 2.72. The molecule has 0 saturated carbocycles. The second-order valence-electron chi connectivity index (χ2n) is 5.07. The number of aromatic hydroxyl groups is 2.